The second-order valence-corrected chi connectivity index (χ2v) is 10.5. The van der Waals surface area contributed by atoms with Crippen LogP contribution >= 0.6 is 34.3 Å². The minimum Gasteiger partial charge on any atom is -0.271 e. The molecule has 3 aromatic rings. The molecule has 160 valence electrons. The Kier molecular flexibility index (Phi) is 5.58. The smallest absolute Gasteiger partial charge is 0.271 e. The minimum absolute atomic E-state index is 0.125. The third kappa shape index (κ3) is 3.79. The van der Waals surface area contributed by atoms with E-state index in [2.05, 4.69) is 47.1 Å². The zero-order chi connectivity index (χ0) is 21.5. The summed E-state index contributed by atoms with van der Waals surface area (Å²) >= 11 is 9.77. The van der Waals surface area contributed by atoms with Crippen molar-refractivity contribution in [2.75, 3.05) is 0 Å². The number of rotatable bonds is 4. The molecule has 31 heavy (non-hydrogen) atoms. The number of nitrogens with zero attached hydrogens (tertiary/aromatic N) is 4. The fourth-order valence-corrected chi connectivity index (χ4v) is 6.34. The van der Waals surface area contributed by atoms with Crippen molar-refractivity contribution in [1.82, 2.24) is 14.8 Å². The SMILES string of the molecule is CCn1cc(Cl)c(C(=O)N2N=C3/C(=C/c4cccs4)CC(C)CC3C2c2cccs2)n1. The number of aromatic nitrogens is 2. The van der Waals surface area contributed by atoms with Gasteiger partial charge in [-0.3, -0.25) is 9.48 Å². The van der Waals surface area contributed by atoms with Gasteiger partial charge in [0.2, 0.25) is 0 Å². The van der Waals surface area contributed by atoms with Crippen LogP contribution in [-0.2, 0) is 6.54 Å². The van der Waals surface area contributed by atoms with Crippen molar-refractivity contribution in [3.05, 3.63) is 67.3 Å². The van der Waals surface area contributed by atoms with Gasteiger partial charge in [-0.1, -0.05) is 30.7 Å². The fourth-order valence-electron chi connectivity index (χ4n) is 4.55. The number of amides is 1. The molecule has 1 saturated carbocycles. The molecule has 5 rings (SSSR count). The summed E-state index contributed by atoms with van der Waals surface area (Å²) < 4.78 is 1.69. The predicted molar refractivity (Wildman–Crippen MR) is 128 cm³/mol. The summed E-state index contributed by atoms with van der Waals surface area (Å²) in [6.07, 6.45) is 5.92. The average Bonchev–Trinajstić information content (AvgIpc) is 3.53. The fraction of sp³-hybridized carbons (Fsp3) is 0.348. The monoisotopic (exact) mass is 470 g/mol. The number of carbonyl (C=O) groups is 1. The van der Waals surface area contributed by atoms with E-state index in [9.17, 15) is 4.79 Å². The van der Waals surface area contributed by atoms with Crippen molar-refractivity contribution in [3.8, 4) is 0 Å². The number of hydrogen-bond acceptors (Lipinski definition) is 5. The van der Waals surface area contributed by atoms with Gasteiger partial charge in [0.05, 0.1) is 16.8 Å². The molecule has 3 aromatic heterocycles. The normalized spacial score (nSPS) is 24.5. The van der Waals surface area contributed by atoms with E-state index in [0.717, 1.165) is 23.4 Å². The van der Waals surface area contributed by atoms with Crippen molar-refractivity contribution in [3.63, 3.8) is 0 Å². The zero-order valence-electron chi connectivity index (χ0n) is 17.4. The quantitative estimate of drug-likeness (QED) is 0.445. The Morgan fingerprint density at radius 2 is 2.10 bits per heavy atom. The first-order valence-electron chi connectivity index (χ1n) is 10.5. The van der Waals surface area contributed by atoms with E-state index in [-0.39, 0.29) is 23.6 Å². The van der Waals surface area contributed by atoms with Crippen molar-refractivity contribution >= 4 is 52.0 Å². The first kappa shape index (κ1) is 20.7. The minimum atomic E-state index is -0.236. The molecule has 0 spiro atoms. The summed E-state index contributed by atoms with van der Waals surface area (Å²) in [4.78, 5) is 16.0. The van der Waals surface area contributed by atoms with E-state index in [4.69, 9.17) is 16.7 Å². The summed E-state index contributed by atoms with van der Waals surface area (Å²) in [6, 6.07) is 8.20. The third-order valence-corrected chi connectivity index (χ3v) is 7.95. The molecule has 5 nitrogen and oxygen atoms in total. The summed E-state index contributed by atoms with van der Waals surface area (Å²) in [7, 11) is 0. The Morgan fingerprint density at radius 1 is 1.29 bits per heavy atom. The number of carbonyl (C=O) groups excluding carboxylic acids is 1. The first-order chi connectivity index (χ1) is 15.0. The topological polar surface area (TPSA) is 50.5 Å². The summed E-state index contributed by atoms with van der Waals surface area (Å²) in [5, 5.41) is 15.5. The molecule has 0 bridgehead atoms. The number of hydrazone groups is 1. The number of halogens is 1. The van der Waals surface area contributed by atoms with Crippen molar-refractivity contribution in [2.45, 2.75) is 39.3 Å². The van der Waals surface area contributed by atoms with Crippen LogP contribution in [-0.4, -0.2) is 26.4 Å². The number of allylic oxidation sites excluding steroid dienone is 1. The van der Waals surface area contributed by atoms with Gasteiger partial charge in [-0.25, -0.2) is 5.01 Å². The summed E-state index contributed by atoms with van der Waals surface area (Å²) in [5.41, 5.74) is 2.53. The average molecular weight is 471 g/mol. The van der Waals surface area contributed by atoms with Gasteiger partial charge in [0.25, 0.3) is 5.91 Å². The summed E-state index contributed by atoms with van der Waals surface area (Å²) in [6.45, 7) is 4.91. The van der Waals surface area contributed by atoms with Gasteiger partial charge in [0, 0.05) is 28.4 Å². The van der Waals surface area contributed by atoms with Crippen LogP contribution in [0, 0.1) is 11.8 Å². The van der Waals surface area contributed by atoms with Crippen molar-refractivity contribution in [1.29, 1.82) is 0 Å². The van der Waals surface area contributed by atoms with Gasteiger partial charge >= 0.3 is 0 Å². The van der Waals surface area contributed by atoms with Gasteiger partial charge in [-0.05, 0) is 60.2 Å². The maximum atomic E-state index is 13.6. The molecule has 0 N–H and O–H groups in total. The Balaban J connectivity index is 1.59. The van der Waals surface area contributed by atoms with Gasteiger partial charge in [-0.2, -0.15) is 10.2 Å². The molecule has 1 aliphatic carbocycles. The van der Waals surface area contributed by atoms with Crippen molar-refractivity contribution in [2.24, 2.45) is 16.9 Å². The molecule has 0 aromatic carbocycles. The largest absolute Gasteiger partial charge is 0.296 e. The number of fused-ring (bicyclic) bond motifs is 1. The Morgan fingerprint density at radius 3 is 2.77 bits per heavy atom. The van der Waals surface area contributed by atoms with E-state index in [1.807, 2.05) is 13.0 Å². The molecule has 3 unspecified atom stereocenters. The van der Waals surface area contributed by atoms with Crippen LogP contribution in [0.25, 0.3) is 6.08 Å². The first-order valence-corrected chi connectivity index (χ1v) is 12.6. The Labute approximate surface area is 194 Å². The molecule has 1 aliphatic heterocycles. The highest BCUT2D eigenvalue weighted by atomic mass is 35.5. The number of aryl methyl sites for hydroxylation is 1. The summed E-state index contributed by atoms with van der Waals surface area (Å²) in [5.74, 6) is 0.459. The zero-order valence-corrected chi connectivity index (χ0v) is 19.8. The van der Waals surface area contributed by atoms with Crippen LogP contribution in [0.2, 0.25) is 5.02 Å². The molecule has 2 aliphatic rings. The van der Waals surface area contributed by atoms with Crippen LogP contribution in [0.3, 0.4) is 0 Å². The van der Waals surface area contributed by atoms with Crippen molar-refractivity contribution < 1.29 is 4.79 Å². The lowest BCUT2D eigenvalue weighted by Crippen LogP contribution is -2.33. The van der Waals surface area contributed by atoms with E-state index < -0.39 is 0 Å². The number of thiophene rings is 2. The molecular weight excluding hydrogens is 448 g/mol. The van der Waals surface area contributed by atoms with Gasteiger partial charge in [-0.15, -0.1) is 22.7 Å². The van der Waals surface area contributed by atoms with Crippen LogP contribution < -0.4 is 0 Å². The lowest BCUT2D eigenvalue weighted by atomic mass is 9.74. The van der Waals surface area contributed by atoms with E-state index in [1.54, 1.807) is 38.6 Å². The van der Waals surface area contributed by atoms with E-state index in [1.165, 1.54) is 10.5 Å². The standard InChI is InChI=1S/C23H23ClN4OS2/c1-3-27-13-18(24)21(25-27)23(29)28-22(19-7-5-9-31-19)17-11-14(2)10-15(20(17)26-28)12-16-6-4-8-30-16/h4-9,12-14,17,22H,3,10-11H2,1-2H3/b15-12+. The number of hydrogen-bond donors (Lipinski definition) is 0. The van der Waals surface area contributed by atoms with E-state index in [0.29, 0.717) is 17.5 Å². The van der Waals surface area contributed by atoms with Gasteiger partial charge in [0.1, 0.15) is 0 Å². The lowest BCUT2D eigenvalue weighted by Gasteiger charge is -2.31. The molecular formula is C23H23ClN4OS2. The molecule has 0 radical (unpaired) electrons. The predicted octanol–water partition coefficient (Wildman–Crippen LogP) is 6.36. The third-order valence-electron chi connectivity index (χ3n) is 5.91. The maximum Gasteiger partial charge on any atom is 0.296 e. The highest BCUT2D eigenvalue weighted by Gasteiger charge is 2.46. The molecule has 8 heteroatoms. The van der Waals surface area contributed by atoms with Crippen LogP contribution in [0.1, 0.15) is 53.0 Å². The Hall–Kier alpha value is -2.22. The highest BCUT2D eigenvalue weighted by molar-refractivity contribution is 7.11. The second kappa shape index (κ2) is 8.37. The molecule has 4 heterocycles. The maximum absolute atomic E-state index is 13.6. The van der Waals surface area contributed by atoms with Crippen LogP contribution in [0.15, 0.2) is 51.9 Å². The van der Waals surface area contributed by atoms with Gasteiger partial charge in [0.15, 0.2) is 5.69 Å². The second-order valence-electron chi connectivity index (χ2n) is 8.11. The Bertz CT molecular complexity index is 1150. The van der Waals surface area contributed by atoms with Crippen LogP contribution in [0.4, 0.5) is 0 Å². The molecule has 0 saturated heterocycles. The molecule has 3 atom stereocenters. The van der Waals surface area contributed by atoms with Gasteiger partial charge < -0.3 is 0 Å². The van der Waals surface area contributed by atoms with E-state index >= 15 is 0 Å². The molecule has 1 fully saturated rings. The van der Waals surface area contributed by atoms with Crippen LogP contribution in [0.5, 0.6) is 0 Å². The molecule has 1 amide bonds. The lowest BCUT2D eigenvalue weighted by molar-refractivity contribution is 0.0673. The highest BCUT2D eigenvalue weighted by Crippen LogP contribution is 2.47.